The number of rotatable bonds is 5. The normalized spacial score (nSPS) is 15.2. The van der Waals surface area contributed by atoms with Crippen molar-refractivity contribution in [2.24, 2.45) is 5.92 Å². The second kappa shape index (κ2) is 7.75. The van der Waals surface area contributed by atoms with Gasteiger partial charge in [-0.05, 0) is 36.3 Å². The number of hydrogen-bond donors (Lipinski definition) is 0. The van der Waals surface area contributed by atoms with Crippen molar-refractivity contribution in [1.82, 2.24) is 4.90 Å². The Bertz CT molecular complexity index is 702. The molecule has 4 heteroatoms. The Morgan fingerprint density at radius 1 is 1.04 bits per heavy atom. The summed E-state index contributed by atoms with van der Waals surface area (Å²) in [4.78, 5) is 28.0. The van der Waals surface area contributed by atoms with Crippen LogP contribution >= 0.6 is 11.3 Å². The van der Waals surface area contributed by atoms with Gasteiger partial charge in [0.1, 0.15) is 0 Å². The molecule has 24 heavy (non-hydrogen) atoms. The molecule has 0 unspecified atom stereocenters. The van der Waals surface area contributed by atoms with Crippen LogP contribution in [0, 0.1) is 5.92 Å². The summed E-state index contributed by atoms with van der Waals surface area (Å²) < 4.78 is 0. The molecule has 0 aliphatic heterocycles. The van der Waals surface area contributed by atoms with Gasteiger partial charge in [0.2, 0.25) is 5.78 Å². The second-order valence-electron chi connectivity index (χ2n) is 6.54. The molecule has 126 valence electrons. The predicted molar refractivity (Wildman–Crippen MR) is 97.7 cm³/mol. The molecule has 1 heterocycles. The molecule has 1 fully saturated rings. The van der Waals surface area contributed by atoms with E-state index in [1.807, 2.05) is 30.6 Å². The summed E-state index contributed by atoms with van der Waals surface area (Å²) in [5.74, 6) is 0.467. The number of nitrogens with zero attached hydrogens (tertiary/aromatic N) is 1. The first-order chi connectivity index (χ1) is 11.7. The highest BCUT2D eigenvalue weighted by Crippen LogP contribution is 2.25. The van der Waals surface area contributed by atoms with Gasteiger partial charge in [0.25, 0.3) is 5.91 Å². The summed E-state index contributed by atoms with van der Waals surface area (Å²) in [6.45, 7) is 0.778. The molecule has 0 atom stereocenters. The van der Waals surface area contributed by atoms with Crippen molar-refractivity contribution in [3.63, 3.8) is 0 Å². The van der Waals surface area contributed by atoms with E-state index in [9.17, 15) is 9.59 Å². The molecule has 1 aromatic heterocycles. The van der Waals surface area contributed by atoms with Crippen LogP contribution in [0.3, 0.4) is 0 Å². The summed E-state index contributed by atoms with van der Waals surface area (Å²) >= 11 is 1.41. The van der Waals surface area contributed by atoms with Gasteiger partial charge in [0.15, 0.2) is 0 Å². The SMILES string of the molecule is CN(CC1CCCCC1)C(=O)c1ccccc1C(=O)c1cccs1. The predicted octanol–water partition coefficient (Wildman–Crippen LogP) is 4.63. The van der Waals surface area contributed by atoms with E-state index in [0.29, 0.717) is 21.9 Å². The van der Waals surface area contributed by atoms with Crippen molar-refractivity contribution in [3.8, 4) is 0 Å². The quantitative estimate of drug-likeness (QED) is 0.744. The monoisotopic (exact) mass is 341 g/mol. The lowest BCUT2D eigenvalue weighted by atomic mass is 9.89. The van der Waals surface area contributed by atoms with Gasteiger partial charge in [-0.1, -0.05) is 43.5 Å². The average molecular weight is 341 g/mol. The van der Waals surface area contributed by atoms with E-state index >= 15 is 0 Å². The number of carbonyl (C=O) groups is 2. The van der Waals surface area contributed by atoms with Crippen LogP contribution in [0.2, 0.25) is 0 Å². The third-order valence-electron chi connectivity index (χ3n) is 4.75. The topological polar surface area (TPSA) is 37.4 Å². The van der Waals surface area contributed by atoms with Gasteiger partial charge in [0.05, 0.1) is 10.4 Å². The van der Waals surface area contributed by atoms with Gasteiger partial charge >= 0.3 is 0 Å². The second-order valence-corrected chi connectivity index (χ2v) is 7.49. The molecular formula is C20H23NO2S. The molecule has 1 saturated carbocycles. The Hall–Kier alpha value is -1.94. The molecule has 1 aliphatic carbocycles. The zero-order chi connectivity index (χ0) is 16.9. The van der Waals surface area contributed by atoms with Gasteiger partial charge in [-0.15, -0.1) is 11.3 Å². The van der Waals surface area contributed by atoms with Crippen molar-refractivity contribution in [1.29, 1.82) is 0 Å². The summed E-state index contributed by atoms with van der Waals surface area (Å²) in [7, 11) is 1.85. The molecule has 0 N–H and O–H groups in total. The van der Waals surface area contributed by atoms with E-state index in [0.717, 1.165) is 6.54 Å². The maximum Gasteiger partial charge on any atom is 0.254 e. The van der Waals surface area contributed by atoms with Crippen molar-refractivity contribution in [2.45, 2.75) is 32.1 Å². The third-order valence-corrected chi connectivity index (χ3v) is 5.62. The van der Waals surface area contributed by atoms with E-state index in [4.69, 9.17) is 0 Å². The molecule has 2 aromatic rings. The lowest BCUT2D eigenvalue weighted by Gasteiger charge is -2.27. The van der Waals surface area contributed by atoms with Crippen LogP contribution in [0.1, 0.15) is 57.7 Å². The zero-order valence-electron chi connectivity index (χ0n) is 14.0. The highest BCUT2D eigenvalue weighted by molar-refractivity contribution is 7.12. The highest BCUT2D eigenvalue weighted by atomic mass is 32.1. The van der Waals surface area contributed by atoms with Crippen LogP contribution in [0.4, 0.5) is 0 Å². The summed E-state index contributed by atoms with van der Waals surface area (Å²) in [5, 5.41) is 1.88. The summed E-state index contributed by atoms with van der Waals surface area (Å²) in [5.41, 5.74) is 1.01. The van der Waals surface area contributed by atoms with Gasteiger partial charge in [-0.2, -0.15) is 0 Å². The minimum atomic E-state index is -0.0694. The number of thiophene rings is 1. The van der Waals surface area contributed by atoms with Crippen LogP contribution in [0.5, 0.6) is 0 Å². The minimum absolute atomic E-state index is 0.0546. The van der Waals surface area contributed by atoms with Gasteiger partial charge < -0.3 is 4.90 Å². The smallest absolute Gasteiger partial charge is 0.254 e. The molecule has 0 radical (unpaired) electrons. The van der Waals surface area contributed by atoms with Crippen LogP contribution in [-0.2, 0) is 0 Å². The Labute approximate surface area is 147 Å². The van der Waals surface area contributed by atoms with E-state index in [-0.39, 0.29) is 11.7 Å². The van der Waals surface area contributed by atoms with E-state index in [2.05, 4.69) is 0 Å². The fourth-order valence-electron chi connectivity index (χ4n) is 3.45. The van der Waals surface area contributed by atoms with Crippen molar-refractivity contribution < 1.29 is 9.59 Å². The molecule has 0 spiro atoms. The Morgan fingerprint density at radius 2 is 1.75 bits per heavy atom. The number of ketones is 1. The molecule has 1 aliphatic rings. The average Bonchev–Trinajstić information content (AvgIpc) is 3.16. The van der Waals surface area contributed by atoms with Crippen molar-refractivity contribution in [2.75, 3.05) is 13.6 Å². The maximum absolute atomic E-state index is 12.9. The van der Waals surface area contributed by atoms with E-state index < -0.39 is 0 Å². The molecule has 1 aromatic carbocycles. The zero-order valence-corrected chi connectivity index (χ0v) is 14.8. The van der Waals surface area contributed by atoms with Gasteiger partial charge in [0, 0.05) is 19.2 Å². The van der Waals surface area contributed by atoms with Crippen molar-refractivity contribution >= 4 is 23.0 Å². The molecule has 0 bridgehead atoms. The minimum Gasteiger partial charge on any atom is -0.341 e. The largest absolute Gasteiger partial charge is 0.341 e. The number of amides is 1. The number of hydrogen-bond acceptors (Lipinski definition) is 3. The number of benzene rings is 1. The molecule has 3 nitrogen and oxygen atoms in total. The Morgan fingerprint density at radius 3 is 2.42 bits per heavy atom. The van der Waals surface area contributed by atoms with E-state index in [1.54, 1.807) is 23.1 Å². The fraction of sp³-hybridized carbons (Fsp3) is 0.400. The van der Waals surface area contributed by atoms with Crippen molar-refractivity contribution in [3.05, 3.63) is 57.8 Å². The number of carbonyl (C=O) groups excluding carboxylic acids is 2. The lowest BCUT2D eigenvalue weighted by Crippen LogP contribution is -2.33. The maximum atomic E-state index is 12.9. The van der Waals surface area contributed by atoms with Gasteiger partial charge in [-0.25, -0.2) is 0 Å². The fourth-order valence-corrected chi connectivity index (χ4v) is 4.13. The molecule has 0 saturated heterocycles. The molecule has 1 amide bonds. The van der Waals surface area contributed by atoms with Crippen LogP contribution in [0.25, 0.3) is 0 Å². The van der Waals surface area contributed by atoms with Gasteiger partial charge in [-0.3, -0.25) is 9.59 Å². The molecular weight excluding hydrogens is 318 g/mol. The first-order valence-corrected chi connectivity index (χ1v) is 9.47. The van der Waals surface area contributed by atoms with Crippen LogP contribution in [0.15, 0.2) is 41.8 Å². The third kappa shape index (κ3) is 3.75. The standard InChI is InChI=1S/C20H23NO2S/c1-21(14-15-8-3-2-4-9-15)20(23)17-11-6-5-10-16(17)19(22)18-12-7-13-24-18/h5-7,10-13,15H,2-4,8-9,14H2,1H3. The van der Waals surface area contributed by atoms with Crippen LogP contribution in [-0.4, -0.2) is 30.2 Å². The lowest BCUT2D eigenvalue weighted by molar-refractivity contribution is 0.0756. The van der Waals surface area contributed by atoms with Crippen LogP contribution < -0.4 is 0 Å². The van der Waals surface area contributed by atoms with E-state index in [1.165, 1.54) is 43.4 Å². The first kappa shape index (κ1) is 16.9. The molecule has 3 rings (SSSR count). The Balaban J connectivity index is 1.78. The highest BCUT2D eigenvalue weighted by Gasteiger charge is 2.23. The summed E-state index contributed by atoms with van der Waals surface area (Å²) in [6, 6.07) is 10.8. The first-order valence-electron chi connectivity index (χ1n) is 8.59. The summed E-state index contributed by atoms with van der Waals surface area (Å²) in [6.07, 6.45) is 6.24. The Kier molecular flexibility index (Phi) is 5.46.